The minimum atomic E-state index is 0.149. The average molecular weight is 265 g/mol. The fourth-order valence-electron chi connectivity index (χ4n) is 1.47. The van der Waals surface area contributed by atoms with Crippen molar-refractivity contribution in [3.63, 3.8) is 0 Å². The number of halogens is 1. The molecule has 0 aromatic heterocycles. The molecule has 0 amide bonds. The van der Waals surface area contributed by atoms with Gasteiger partial charge in [-0.25, -0.2) is 0 Å². The molecule has 0 aliphatic carbocycles. The predicted octanol–water partition coefficient (Wildman–Crippen LogP) is 2.40. The topological polar surface area (TPSA) is 26.3 Å². The monoisotopic (exact) mass is 264 g/mol. The van der Waals surface area contributed by atoms with Gasteiger partial charge in [0, 0.05) is 12.0 Å². The number of ketones is 1. The van der Waals surface area contributed by atoms with E-state index < -0.39 is 0 Å². The summed E-state index contributed by atoms with van der Waals surface area (Å²) in [4.78, 5) is 11.5. The first-order chi connectivity index (χ1) is 7.31. The largest absolute Gasteiger partial charge is 0.492 e. The van der Waals surface area contributed by atoms with Gasteiger partial charge in [0.15, 0.2) is 5.78 Å². The van der Waals surface area contributed by atoms with E-state index in [-0.39, 0.29) is 5.78 Å². The maximum absolute atomic E-state index is 11.5. The maximum atomic E-state index is 11.5. The number of fused-ring (bicyclic) bond motifs is 1. The third-order valence-corrected chi connectivity index (χ3v) is 2.45. The van der Waals surface area contributed by atoms with E-state index in [1.165, 1.54) is 0 Å². The Balaban J connectivity index is 2.37. The van der Waals surface area contributed by atoms with E-state index in [0.29, 0.717) is 29.7 Å². The maximum Gasteiger partial charge on any atom is 0.169 e. The summed E-state index contributed by atoms with van der Waals surface area (Å²) in [6.45, 7) is 0.473. The number of ether oxygens (including phenoxy) is 1. The van der Waals surface area contributed by atoms with Crippen molar-refractivity contribution < 1.29 is 9.53 Å². The van der Waals surface area contributed by atoms with Gasteiger partial charge in [-0.15, -0.1) is 0 Å². The zero-order chi connectivity index (χ0) is 10.7. The van der Waals surface area contributed by atoms with Gasteiger partial charge in [0.2, 0.25) is 0 Å². The molecule has 0 saturated heterocycles. The average Bonchev–Trinajstić information content (AvgIpc) is 2.26. The number of carbonyl (C=O) groups excluding carboxylic acids is 1. The van der Waals surface area contributed by atoms with Gasteiger partial charge in [0.05, 0.1) is 17.5 Å². The molecule has 0 N–H and O–H groups in total. The van der Waals surface area contributed by atoms with E-state index in [2.05, 4.69) is 27.8 Å². The van der Waals surface area contributed by atoms with Crippen LogP contribution in [0.15, 0.2) is 18.2 Å². The third kappa shape index (κ3) is 2.21. The highest BCUT2D eigenvalue weighted by Gasteiger charge is 2.17. The van der Waals surface area contributed by atoms with E-state index in [0.717, 1.165) is 5.56 Å². The lowest BCUT2D eigenvalue weighted by Gasteiger charge is -2.15. The molecule has 1 aromatic carbocycles. The zero-order valence-electron chi connectivity index (χ0n) is 8.05. The van der Waals surface area contributed by atoms with Crippen molar-refractivity contribution in [2.75, 3.05) is 11.9 Å². The molecule has 2 rings (SSSR count). The molecule has 2 nitrogen and oxygen atoms in total. The number of Topliss-reactive ketones (excluding diaryl/α,β-unsaturated/α-hetero) is 1. The summed E-state index contributed by atoms with van der Waals surface area (Å²) in [6, 6.07) is 5.46. The van der Waals surface area contributed by atoms with E-state index in [4.69, 9.17) is 4.74 Å². The molecule has 0 unspecified atom stereocenters. The standard InChI is InChI=1S/C12H9BrO2/c13-6-1-2-9-3-4-10-11(14)5-7-15-12(10)8-9/h3-4,8H,5-7H2. The highest BCUT2D eigenvalue weighted by atomic mass is 79.9. The Hall–Kier alpha value is -1.27. The van der Waals surface area contributed by atoms with Gasteiger partial charge in [-0.1, -0.05) is 27.8 Å². The summed E-state index contributed by atoms with van der Waals surface area (Å²) >= 11 is 3.23. The second-order valence-corrected chi connectivity index (χ2v) is 3.73. The first-order valence-corrected chi connectivity index (χ1v) is 5.78. The van der Waals surface area contributed by atoms with Crippen molar-refractivity contribution in [3.8, 4) is 17.6 Å². The van der Waals surface area contributed by atoms with Crippen molar-refractivity contribution in [2.24, 2.45) is 0 Å². The van der Waals surface area contributed by atoms with E-state index in [9.17, 15) is 4.79 Å². The highest BCUT2D eigenvalue weighted by Crippen LogP contribution is 2.25. The van der Waals surface area contributed by atoms with Crippen LogP contribution in [0.25, 0.3) is 0 Å². The van der Waals surface area contributed by atoms with Crippen LogP contribution < -0.4 is 4.74 Å². The Kier molecular flexibility index (Phi) is 3.08. The van der Waals surface area contributed by atoms with Crippen molar-refractivity contribution in [1.29, 1.82) is 0 Å². The van der Waals surface area contributed by atoms with Crippen LogP contribution >= 0.6 is 15.9 Å². The van der Waals surface area contributed by atoms with Crippen LogP contribution in [0.5, 0.6) is 5.75 Å². The molecule has 15 heavy (non-hydrogen) atoms. The first kappa shape index (κ1) is 10.3. The molecule has 0 fully saturated rings. The first-order valence-electron chi connectivity index (χ1n) is 4.66. The molecule has 0 saturated carbocycles. The molecule has 1 heterocycles. The number of carbonyl (C=O) groups is 1. The summed E-state index contributed by atoms with van der Waals surface area (Å²) in [5.41, 5.74) is 1.55. The van der Waals surface area contributed by atoms with Crippen LogP contribution in [0.3, 0.4) is 0 Å². The normalized spacial score (nSPS) is 13.5. The lowest BCUT2D eigenvalue weighted by molar-refractivity contribution is 0.0933. The lowest BCUT2D eigenvalue weighted by Crippen LogP contribution is -2.15. The quantitative estimate of drug-likeness (QED) is 0.532. The van der Waals surface area contributed by atoms with Gasteiger partial charge in [-0.3, -0.25) is 4.79 Å². The second-order valence-electron chi connectivity index (χ2n) is 3.17. The minimum Gasteiger partial charge on any atom is -0.492 e. The summed E-state index contributed by atoms with van der Waals surface area (Å²) < 4.78 is 5.41. The van der Waals surface area contributed by atoms with Crippen molar-refractivity contribution in [3.05, 3.63) is 29.3 Å². The molecule has 0 bridgehead atoms. The van der Waals surface area contributed by atoms with Crippen molar-refractivity contribution in [1.82, 2.24) is 0 Å². The van der Waals surface area contributed by atoms with Gasteiger partial charge in [-0.2, -0.15) is 0 Å². The molecule has 76 valence electrons. The van der Waals surface area contributed by atoms with Crippen LogP contribution in [0.2, 0.25) is 0 Å². The fraction of sp³-hybridized carbons (Fsp3) is 0.250. The predicted molar refractivity (Wildman–Crippen MR) is 61.6 cm³/mol. The molecule has 1 aliphatic rings. The molecule has 1 aliphatic heterocycles. The van der Waals surface area contributed by atoms with Crippen molar-refractivity contribution >= 4 is 21.7 Å². The number of alkyl halides is 1. The SMILES string of the molecule is O=C1CCOc2cc(C#CCBr)ccc21. The number of hydrogen-bond donors (Lipinski definition) is 0. The molecular formula is C12H9BrO2. The molecule has 0 radical (unpaired) electrons. The summed E-state index contributed by atoms with van der Waals surface area (Å²) in [5.74, 6) is 6.69. The Morgan fingerprint density at radius 3 is 3.13 bits per heavy atom. The van der Waals surface area contributed by atoms with Crippen LogP contribution in [-0.4, -0.2) is 17.7 Å². The zero-order valence-corrected chi connectivity index (χ0v) is 9.63. The number of benzene rings is 1. The Labute approximate surface area is 96.8 Å². The molecule has 3 heteroatoms. The minimum absolute atomic E-state index is 0.149. The summed E-state index contributed by atoms with van der Waals surface area (Å²) in [7, 11) is 0. The Morgan fingerprint density at radius 1 is 1.47 bits per heavy atom. The third-order valence-electron chi connectivity index (χ3n) is 2.17. The molecule has 0 atom stereocenters. The second kappa shape index (κ2) is 4.50. The number of rotatable bonds is 0. The highest BCUT2D eigenvalue weighted by molar-refractivity contribution is 9.09. The smallest absolute Gasteiger partial charge is 0.169 e. The fourth-order valence-corrected chi connectivity index (χ4v) is 1.61. The Bertz CT molecular complexity index is 454. The van der Waals surface area contributed by atoms with E-state index >= 15 is 0 Å². The van der Waals surface area contributed by atoms with Gasteiger partial charge < -0.3 is 4.74 Å². The van der Waals surface area contributed by atoms with Gasteiger partial charge >= 0.3 is 0 Å². The van der Waals surface area contributed by atoms with Gasteiger partial charge in [0.25, 0.3) is 0 Å². The molecule has 0 spiro atoms. The molecule has 1 aromatic rings. The van der Waals surface area contributed by atoms with Crippen LogP contribution in [-0.2, 0) is 0 Å². The van der Waals surface area contributed by atoms with Crippen molar-refractivity contribution in [2.45, 2.75) is 6.42 Å². The molecular weight excluding hydrogens is 256 g/mol. The Morgan fingerprint density at radius 2 is 2.33 bits per heavy atom. The van der Waals surface area contributed by atoms with Crippen LogP contribution in [0.1, 0.15) is 22.3 Å². The van der Waals surface area contributed by atoms with Gasteiger partial charge in [0.1, 0.15) is 5.75 Å². The number of hydrogen-bond acceptors (Lipinski definition) is 2. The van der Waals surface area contributed by atoms with E-state index in [1.54, 1.807) is 6.07 Å². The summed E-state index contributed by atoms with van der Waals surface area (Å²) in [5, 5.41) is 0.643. The van der Waals surface area contributed by atoms with Crippen LogP contribution in [0.4, 0.5) is 0 Å². The lowest BCUT2D eigenvalue weighted by atomic mass is 10.0. The van der Waals surface area contributed by atoms with Crippen LogP contribution in [0, 0.1) is 11.8 Å². The van der Waals surface area contributed by atoms with E-state index in [1.807, 2.05) is 12.1 Å². The van der Waals surface area contributed by atoms with Gasteiger partial charge in [-0.05, 0) is 18.2 Å². The summed E-state index contributed by atoms with van der Waals surface area (Å²) in [6.07, 6.45) is 0.472.